The molecule has 13 heavy (non-hydrogen) atoms. The Balaban J connectivity index is 2.28. The number of aliphatic hydroxyl groups is 1. The van der Waals surface area contributed by atoms with Crippen molar-refractivity contribution in [2.24, 2.45) is 0 Å². The fourth-order valence-corrected chi connectivity index (χ4v) is 1.70. The normalized spacial score (nSPS) is 27.5. The highest BCUT2D eigenvalue weighted by atomic mass is 16.2. The monoisotopic (exact) mass is 181 g/mol. The first-order valence-corrected chi connectivity index (χ1v) is 5.01. The molecule has 0 saturated heterocycles. The molecule has 0 aromatic heterocycles. The van der Waals surface area contributed by atoms with Crippen molar-refractivity contribution in [2.45, 2.75) is 37.8 Å². The summed E-state index contributed by atoms with van der Waals surface area (Å²) < 4.78 is 0. The summed E-state index contributed by atoms with van der Waals surface area (Å²) in [6.45, 7) is 4.03. The lowest BCUT2D eigenvalue weighted by Crippen LogP contribution is -2.39. The van der Waals surface area contributed by atoms with Gasteiger partial charge in [-0.15, -0.1) is 6.58 Å². The summed E-state index contributed by atoms with van der Waals surface area (Å²) in [5, 5.41) is 12.2. The number of hydrogen-bond donors (Lipinski definition) is 2. The summed E-state index contributed by atoms with van der Waals surface area (Å²) in [5.41, 5.74) is 0. The third-order valence-corrected chi connectivity index (χ3v) is 2.37. The van der Waals surface area contributed by atoms with Crippen LogP contribution >= 0.6 is 0 Å². The largest absolute Gasteiger partial charge is 0.396 e. The number of aliphatic hydroxyl groups excluding tert-OH is 1. The van der Waals surface area contributed by atoms with E-state index in [-0.39, 0.29) is 0 Å². The second-order valence-electron chi connectivity index (χ2n) is 3.52. The van der Waals surface area contributed by atoms with Gasteiger partial charge in [0.2, 0.25) is 0 Å². The molecule has 1 aliphatic heterocycles. The van der Waals surface area contributed by atoms with Crippen molar-refractivity contribution in [3.63, 3.8) is 0 Å². The van der Waals surface area contributed by atoms with E-state index < -0.39 is 0 Å². The Morgan fingerprint density at radius 3 is 3.15 bits per heavy atom. The van der Waals surface area contributed by atoms with Gasteiger partial charge in [-0.2, -0.15) is 0 Å². The maximum Gasteiger partial charge on any atom is 0.0431 e. The van der Waals surface area contributed by atoms with Crippen LogP contribution in [0.15, 0.2) is 24.8 Å². The quantitative estimate of drug-likeness (QED) is 0.632. The molecule has 0 saturated carbocycles. The van der Waals surface area contributed by atoms with E-state index in [0.717, 1.165) is 25.7 Å². The molecule has 0 aromatic carbocycles. The number of rotatable bonds is 5. The zero-order valence-electron chi connectivity index (χ0n) is 8.08. The van der Waals surface area contributed by atoms with Crippen LogP contribution in [0.4, 0.5) is 0 Å². The smallest absolute Gasteiger partial charge is 0.0431 e. The Labute approximate surface area is 80.3 Å². The summed E-state index contributed by atoms with van der Waals surface area (Å²) in [4.78, 5) is 0. The zero-order chi connectivity index (χ0) is 9.52. The Morgan fingerprint density at radius 2 is 2.46 bits per heavy atom. The molecule has 0 aromatic rings. The molecule has 2 heteroatoms. The summed E-state index contributed by atoms with van der Waals surface area (Å²) in [6.07, 6.45) is 10.4. The second kappa shape index (κ2) is 5.95. The average molecular weight is 181 g/mol. The molecule has 1 heterocycles. The number of nitrogens with one attached hydrogen (secondary N) is 1. The SMILES string of the molecule is C=CC[C@H]1C=CC[C@H](CCCO)N1. The van der Waals surface area contributed by atoms with Crippen LogP contribution in [0, 0.1) is 0 Å². The minimum atomic E-state index is 0.300. The summed E-state index contributed by atoms with van der Waals surface area (Å²) in [5.74, 6) is 0. The van der Waals surface area contributed by atoms with Crippen LogP contribution in [0.25, 0.3) is 0 Å². The van der Waals surface area contributed by atoms with Crippen LogP contribution in [0.5, 0.6) is 0 Å². The molecule has 0 fully saturated rings. The number of hydrogen-bond acceptors (Lipinski definition) is 2. The van der Waals surface area contributed by atoms with Gasteiger partial charge < -0.3 is 10.4 Å². The van der Waals surface area contributed by atoms with Crippen LogP contribution in [-0.2, 0) is 0 Å². The summed E-state index contributed by atoms with van der Waals surface area (Å²) in [6, 6.07) is 0.997. The van der Waals surface area contributed by atoms with Crippen LogP contribution in [0.3, 0.4) is 0 Å². The average Bonchev–Trinajstić information content (AvgIpc) is 2.16. The van der Waals surface area contributed by atoms with Gasteiger partial charge in [0.05, 0.1) is 0 Å². The van der Waals surface area contributed by atoms with E-state index in [2.05, 4.69) is 24.0 Å². The molecule has 2 atom stereocenters. The molecule has 1 aliphatic rings. The van der Waals surface area contributed by atoms with Gasteiger partial charge in [-0.05, 0) is 25.7 Å². The molecule has 0 radical (unpaired) electrons. The van der Waals surface area contributed by atoms with Crippen LogP contribution in [0.1, 0.15) is 25.7 Å². The third-order valence-electron chi connectivity index (χ3n) is 2.37. The molecule has 1 rings (SSSR count). The van der Waals surface area contributed by atoms with Gasteiger partial charge >= 0.3 is 0 Å². The van der Waals surface area contributed by atoms with Crippen molar-refractivity contribution in [3.05, 3.63) is 24.8 Å². The van der Waals surface area contributed by atoms with Gasteiger partial charge in [0.15, 0.2) is 0 Å². The van der Waals surface area contributed by atoms with Gasteiger partial charge in [0, 0.05) is 18.7 Å². The van der Waals surface area contributed by atoms with Gasteiger partial charge in [-0.1, -0.05) is 18.2 Å². The Hall–Kier alpha value is -0.600. The predicted octanol–water partition coefficient (Wildman–Crippen LogP) is 1.62. The van der Waals surface area contributed by atoms with Crippen LogP contribution in [0.2, 0.25) is 0 Å². The van der Waals surface area contributed by atoms with Crippen molar-refractivity contribution in [1.29, 1.82) is 0 Å². The Bertz CT molecular complexity index is 177. The van der Waals surface area contributed by atoms with Crippen LogP contribution < -0.4 is 5.32 Å². The molecule has 2 N–H and O–H groups in total. The van der Waals surface area contributed by atoms with E-state index >= 15 is 0 Å². The summed E-state index contributed by atoms with van der Waals surface area (Å²) in [7, 11) is 0. The van der Waals surface area contributed by atoms with Crippen molar-refractivity contribution >= 4 is 0 Å². The van der Waals surface area contributed by atoms with Crippen molar-refractivity contribution in [3.8, 4) is 0 Å². The highest BCUT2D eigenvalue weighted by Gasteiger charge is 2.14. The standard InChI is InChI=1S/C11H19NO/c1-2-5-10-6-3-7-11(12-10)8-4-9-13/h2-3,6,10-13H,1,4-5,7-9H2/t10-,11+/m0/s1. The molecule has 0 unspecified atom stereocenters. The van der Waals surface area contributed by atoms with E-state index in [4.69, 9.17) is 5.11 Å². The maximum absolute atomic E-state index is 8.70. The van der Waals surface area contributed by atoms with E-state index in [1.54, 1.807) is 0 Å². The van der Waals surface area contributed by atoms with Gasteiger partial charge in [-0.3, -0.25) is 0 Å². The van der Waals surface area contributed by atoms with Gasteiger partial charge in [0.25, 0.3) is 0 Å². The van der Waals surface area contributed by atoms with E-state index in [1.807, 2.05) is 6.08 Å². The minimum absolute atomic E-state index is 0.300. The molecule has 2 nitrogen and oxygen atoms in total. The minimum Gasteiger partial charge on any atom is -0.396 e. The first kappa shape index (κ1) is 10.5. The maximum atomic E-state index is 8.70. The molecule has 74 valence electrons. The fourth-order valence-electron chi connectivity index (χ4n) is 1.70. The molecule has 0 spiro atoms. The van der Waals surface area contributed by atoms with Crippen molar-refractivity contribution in [1.82, 2.24) is 5.32 Å². The van der Waals surface area contributed by atoms with E-state index in [1.165, 1.54) is 0 Å². The topological polar surface area (TPSA) is 32.3 Å². The van der Waals surface area contributed by atoms with Crippen molar-refractivity contribution < 1.29 is 5.11 Å². The second-order valence-corrected chi connectivity index (χ2v) is 3.52. The molecular weight excluding hydrogens is 162 g/mol. The van der Waals surface area contributed by atoms with E-state index in [0.29, 0.717) is 18.7 Å². The molecule has 0 aliphatic carbocycles. The highest BCUT2D eigenvalue weighted by molar-refractivity contribution is 5.03. The third kappa shape index (κ3) is 3.75. The summed E-state index contributed by atoms with van der Waals surface area (Å²) >= 11 is 0. The lowest BCUT2D eigenvalue weighted by atomic mass is 10.0. The first-order valence-electron chi connectivity index (χ1n) is 5.01. The van der Waals surface area contributed by atoms with Gasteiger partial charge in [-0.25, -0.2) is 0 Å². The predicted molar refractivity (Wildman–Crippen MR) is 55.6 cm³/mol. The molecule has 0 bridgehead atoms. The Kier molecular flexibility index (Phi) is 4.79. The first-order chi connectivity index (χ1) is 6.36. The van der Waals surface area contributed by atoms with Gasteiger partial charge in [0.1, 0.15) is 0 Å². The lowest BCUT2D eigenvalue weighted by molar-refractivity contribution is 0.271. The Morgan fingerprint density at radius 1 is 1.62 bits per heavy atom. The van der Waals surface area contributed by atoms with Crippen molar-refractivity contribution in [2.75, 3.05) is 6.61 Å². The van der Waals surface area contributed by atoms with E-state index in [9.17, 15) is 0 Å². The lowest BCUT2D eigenvalue weighted by Gasteiger charge is -2.26. The fraction of sp³-hybridized carbons (Fsp3) is 0.636. The molecular formula is C11H19NO. The zero-order valence-corrected chi connectivity index (χ0v) is 8.08. The van der Waals surface area contributed by atoms with Crippen LogP contribution in [-0.4, -0.2) is 23.8 Å². The highest BCUT2D eigenvalue weighted by Crippen LogP contribution is 2.11. The molecule has 0 amide bonds.